The first-order valence-corrected chi connectivity index (χ1v) is 11.7. The van der Waals surface area contributed by atoms with Crippen molar-refractivity contribution in [2.24, 2.45) is 0 Å². The summed E-state index contributed by atoms with van der Waals surface area (Å²) in [4.78, 5) is 33.2. The molecule has 12 nitrogen and oxygen atoms in total. The van der Waals surface area contributed by atoms with Gasteiger partial charge in [0.05, 0.1) is 15.9 Å². The molecule has 0 amide bonds. The number of rotatable bonds is 11. The van der Waals surface area contributed by atoms with Gasteiger partial charge in [-0.2, -0.15) is 5.09 Å². The van der Waals surface area contributed by atoms with Gasteiger partial charge in [-0.15, -0.1) is 0 Å². The molecule has 0 saturated carbocycles. The Hall–Kier alpha value is -4.28. The van der Waals surface area contributed by atoms with E-state index in [1.807, 2.05) is 0 Å². The van der Waals surface area contributed by atoms with Gasteiger partial charge in [-0.1, -0.05) is 48.5 Å². The molecule has 0 aromatic heterocycles. The molecule has 0 unspecified atom stereocenters. The highest BCUT2D eigenvalue weighted by Crippen LogP contribution is 2.48. The van der Waals surface area contributed by atoms with Gasteiger partial charge in [-0.05, 0) is 30.7 Å². The van der Waals surface area contributed by atoms with Gasteiger partial charge < -0.3 is 13.8 Å². The fraction of sp³-hybridized carbons (Fsp3) is 0.136. The van der Waals surface area contributed by atoms with Gasteiger partial charge in [-0.25, -0.2) is 4.57 Å². The Morgan fingerprint density at radius 3 is 2.17 bits per heavy atom. The van der Waals surface area contributed by atoms with E-state index in [1.165, 1.54) is 19.1 Å². The maximum Gasteiger partial charge on any atom is 0.513 e. The Balaban J connectivity index is 1.84. The van der Waals surface area contributed by atoms with E-state index in [0.717, 1.165) is 17.7 Å². The molecule has 0 fully saturated rings. The molecule has 0 spiro atoms. The van der Waals surface area contributed by atoms with Crippen molar-refractivity contribution >= 4 is 25.1 Å². The fourth-order valence-electron chi connectivity index (χ4n) is 2.80. The number of carbonyl (C=O) groups excluding carboxylic acids is 1. The number of nitro benzene ring substituents is 2. The Bertz CT molecular complexity index is 1260. The van der Waals surface area contributed by atoms with Gasteiger partial charge in [-0.3, -0.25) is 25.0 Å². The van der Waals surface area contributed by atoms with Gasteiger partial charge >= 0.3 is 19.4 Å². The van der Waals surface area contributed by atoms with E-state index >= 15 is 0 Å². The molecule has 0 bridgehead atoms. The molecule has 3 aromatic rings. The minimum absolute atomic E-state index is 0.0375. The maximum absolute atomic E-state index is 13.6. The van der Waals surface area contributed by atoms with Crippen LogP contribution in [0.3, 0.4) is 0 Å². The van der Waals surface area contributed by atoms with E-state index in [0.29, 0.717) is 6.07 Å². The summed E-state index contributed by atoms with van der Waals surface area (Å²) < 4.78 is 29.7. The van der Waals surface area contributed by atoms with E-state index in [4.69, 9.17) is 13.8 Å². The lowest BCUT2D eigenvalue weighted by molar-refractivity contribution is -0.394. The van der Waals surface area contributed by atoms with Crippen molar-refractivity contribution in [3.05, 3.63) is 105 Å². The molecule has 35 heavy (non-hydrogen) atoms. The van der Waals surface area contributed by atoms with Crippen LogP contribution in [-0.2, 0) is 20.7 Å². The second kappa shape index (κ2) is 11.2. The first kappa shape index (κ1) is 25.3. The minimum Gasteiger partial charge on any atom is -0.460 e. The van der Waals surface area contributed by atoms with Crippen LogP contribution >= 0.6 is 7.75 Å². The quantitative estimate of drug-likeness (QED) is 0.167. The second-order valence-electron chi connectivity index (χ2n) is 7.10. The van der Waals surface area contributed by atoms with Crippen LogP contribution in [-0.4, -0.2) is 21.9 Å². The fourth-order valence-corrected chi connectivity index (χ4v) is 4.34. The minimum atomic E-state index is -4.50. The molecule has 0 heterocycles. The van der Waals surface area contributed by atoms with Gasteiger partial charge in [0.2, 0.25) is 5.75 Å². The summed E-state index contributed by atoms with van der Waals surface area (Å²) in [6.45, 7) is 1.31. The molecular formula is C22H20N3O9P. The lowest BCUT2D eigenvalue weighted by atomic mass is 10.2. The largest absolute Gasteiger partial charge is 0.513 e. The predicted molar refractivity (Wildman–Crippen MR) is 124 cm³/mol. The summed E-state index contributed by atoms with van der Waals surface area (Å²) in [5, 5.41) is 24.9. The Kier molecular flexibility index (Phi) is 8.13. The van der Waals surface area contributed by atoms with Crippen LogP contribution in [0.2, 0.25) is 0 Å². The topological polar surface area (TPSA) is 160 Å². The molecule has 13 heteroatoms. The number of ether oxygens (including phenoxy) is 1. The van der Waals surface area contributed by atoms with Gasteiger partial charge in [0, 0.05) is 6.07 Å². The highest BCUT2D eigenvalue weighted by atomic mass is 31.2. The van der Waals surface area contributed by atoms with Gasteiger partial charge in [0.1, 0.15) is 18.4 Å². The Labute approximate surface area is 199 Å². The van der Waals surface area contributed by atoms with E-state index in [2.05, 4.69) is 5.09 Å². The SMILES string of the molecule is C[C@H](N[P@@](=O)(Oc1ccccc1)Oc1ccc([N+](=O)[O-])cc1[N+](=O)[O-])C(=O)OCc1ccccc1. The molecule has 0 aliphatic heterocycles. The molecular weight excluding hydrogens is 481 g/mol. The van der Waals surface area contributed by atoms with Crippen molar-refractivity contribution in [2.45, 2.75) is 19.6 Å². The number of carbonyl (C=O) groups is 1. The van der Waals surface area contributed by atoms with Crippen LogP contribution in [0.4, 0.5) is 11.4 Å². The number of hydrogen-bond donors (Lipinski definition) is 1. The monoisotopic (exact) mass is 501 g/mol. The van der Waals surface area contributed by atoms with E-state index < -0.39 is 46.7 Å². The molecule has 3 rings (SSSR count). The van der Waals surface area contributed by atoms with Crippen molar-refractivity contribution in [2.75, 3.05) is 0 Å². The molecule has 0 saturated heterocycles. The van der Waals surface area contributed by atoms with Crippen LogP contribution in [0.25, 0.3) is 0 Å². The van der Waals surface area contributed by atoms with Crippen LogP contribution in [0.5, 0.6) is 11.5 Å². The molecule has 0 aliphatic rings. The summed E-state index contributed by atoms with van der Waals surface area (Å²) in [5.74, 6) is -1.26. The normalized spacial score (nSPS) is 13.2. The zero-order chi connectivity index (χ0) is 25.4. The summed E-state index contributed by atoms with van der Waals surface area (Å²) in [5.41, 5.74) is -0.639. The van der Waals surface area contributed by atoms with Crippen molar-refractivity contribution < 1.29 is 33.0 Å². The van der Waals surface area contributed by atoms with Crippen molar-refractivity contribution in [1.29, 1.82) is 0 Å². The van der Waals surface area contributed by atoms with Gasteiger partial charge in [0.15, 0.2) is 0 Å². The third kappa shape index (κ3) is 7.10. The molecule has 0 aliphatic carbocycles. The lowest BCUT2D eigenvalue weighted by Gasteiger charge is -2.23. The number of para-hydroxylation sites is 1. The van der Waals surface area contributed by atoms with E-state index in [9.17, 15) is 29.6 Å². The summed E-state index contributed by atoms with van der Waals surface area (Å²) in [6.07, 6.45) is 0. The smallest absolute Gasteiger partial charge is 0.460 e. The number of hydrogen-bond acceptors (Lipinski definition) is 9. The Morgan fingerprint density at radius 2 is 1.57 bits per heavy atom. The second-order valence-corrected chi connectivity index (χ2v) is 8.72. The van der Waals surface area contributed by atoms with Crippen molar-refractivity contribution in [1.82, 2.24) is 5.09 Å². The third-order valence-corrected chi connectivity index (χ3v) is 6.06. The molecule has 0 radical (unpaired) electrons. The first-order chi connectivity index (χ1) is 16.7. The number of nitrogens with one attached hydrogen (secondary N) is 1. The van der Waals surface area contributed by atoms with E-state index in [-0.39, 0.29) is 12.4 Å². The Morgan fingerprint density at radius 1 is 0.943 bits per heavy atom. The summed E-state index contributed by atoms with van der Waals surface area (Å²) >= 11 is 0. The number of benzene rings is 3. The highest BCUT2D eigenvalue weighted by Gasteiger charge is 2.36. The first-order valence-electron chi connectivity index (χ1n) is 10.1. The third-order valence-electron chi connectivity index (χ3n) is 4.47. The molecule has 3 aromatic carbocycles. The maximum atomic E-state index is 13.6. The predicted octanol–water partition coefficient (Wildman–Crippen LogP) is 4.79. The molecule has 1 N–H and O–H groups in total. The zero-order valence-corrected chi connectivity index (χ0v) is 19.2. The number of non-ortho nitro benzene ring substituents is 1. The number of nitrogens with zero attached hydrogens (tertiary/aromatic N) is 2. The van der Waals surface area contributed by atoms with Crippen molar-refractivity contribution in [3.8, 4) is 11.5 Å². The standard InChI is InChI=1S/C22H20N3O9P/c1-16(22(26)32-15-17-8-4-2-5-9-17)23-35(31,33-19-10-6-3-7-11-19)34-21-13-12-18(24(27)28)14-20(21)25(29)30/h2-14,16H,15H2,1H3,(H,23,31)/t16-,35+/m0/s1. The summed E-state index contributed by atoms with van der Waals surface area (Å²) in [7, 11) is -4.50. The van der Waals surface area contributed by atoms with Crippen LogP contribution in [0.1, 0.15) is 12.5 Å². The van der Waals surface area contributed by atoms with Crippen LogP contribution in [0, 0.1) is 20.2 Å². The lowest BCUT2D eigenvalue weighted by Crippen LogP contribution is -2.35. The van der Waals surface area contributed by atoms with Gasteiger partial charge in [0.25, 0.3) is 5.69 Å². The van der Waals surface area contributed by atoms with Crippen molar-refractivity contribution in [3.63, 3.8) is 0 Å². The average Bonchev–Trinajstić information content (AvgIpc) is 2.83. The van der Waals surface area contributed by atoms with E-state index in [1.54, 1.807) is 48.5 Å². The highest BCUT2D eigenvalue weighted by molar-refractivity contribution is 7.52. The zero-order valence-electron chi connectivity index (χ0n) is 18.3. The number of nitro groups is 2. The molecule has 182 valence electrons. The average molecular weight is 501 g/mol. The van der Waals surface area contributed by atoms with Crippen LogP contribution in [0.15, 0.2) is 78.9 Å². The van der Waals surface area contributed by atoms with Crippen LogP contribution < -0.4 is 14.1 Å². The number of esters is 1. The summed E-state index contributed by atoms with van der Waals surface area (Å²) in [6, 6.07) is 18.0. The molecule has 2 atom stereocenters.